The molecule has 4 heterocycles. The van der Waals surface area contributed by atoms with Crippen LogP contribution in [0, 0.1) is 0 Å². The first-order chi connectivity index (χ1) is 16.9. The van der Waals surface area contributed by atoms with Gasteiger partial charge >= 0.3 is 12.2 Å². The number of rotatable bonds is 4. The fraction of sp³-hybridized carbons (Fsp3) is 0.0400. The smallest absolute Gasteiger partial charge is 0.308 e. The fourth-order valence-electron chi connectivity index (χ4n) is 3.59. The van der Waals surface area contributed by atoms with Crippen LogP contribution in [0.25, 0.3) is 28.0 Å². The van der Waals surface area contributed by atoms with Crippen LogP contribution in [0.2, 0.25) is 0 Å². The molecule has 0 saturated carbocycles. The molecular weight excluding hydrogens is 457 g/mol. The van der Waals surface area contributed by atoms with E-state index in [0.29, 0.717) is 0 Å². The number of pyridine rings is 3. The number of fused-ring (bicyclic) bond motifs is 1. The van der Waals surface area contributed by atoms with Crippen molar-refractivity contribution in [2.45, 2.75) is 6.18 Å². The first-order valence-electron chi connectivity index (χ1n) is 10.5. The lowest BCUT2D eigenvalue weighted by Crippen LogP contribution is -2.20. The van der Waals surface area contributed by atoms with Gasteiger partial charge in [-0.05, 0) is 65.7 Å². The largest absolute Gasteiger partial charge is 0.416 e. The van der Waals surface area contributed by atoms with Crippen molar-refractivity contribution in [2.75, 3.05) is 10.6 Å². The third kappa shape index (κ3) is 4.81. The van der Waals surface area contributed by atoms with Crippen molar-refractivity contribution >= 4 is 23.2 Å². The maximum absolute atomic E-state index is 12.9. The molecule has 2 amide bonds. The van der Waals surface area contributed by atoms with E-state index < -0.39 is 17.8 Å². The van der Waals surface area contributed by atoms with Gasteiger partial charge in [-0.1, -0.05) is 6.07 Å². The molecule has 0 aliphatic heterocycles. The Morgan fingerprint density at radius 1 is 0.829 bits per heavy atom. The quantitative estimate of drug-likeness (QED) is 0.329. The molecule has 10 heteroatoms. The van der Waals surface area contributed by atoms with Crippen molar-refractivity contribution in [3.8, 4) is 22.4 Å². The maximum Gasteiger partial charge on any atom is 0.416 e. The van der Waals surface area contributed by atoms with Gasteiger partial charge in [0.05, 0.1) is 17.5 Å². The molecule has 2 N–H and O–H groups in total. The van der Waals surface area contributed by atoms with Crippen LogP contribution in [0.5, 0.6) is 0 Å². The minimum Gasteiger partial charge on any atom is -0.308 e. The summed E-state index contributed by atoms with van der Waals surface area (Å²) in [5, 5.41) is 4.89. The van der Waals surface area contributed by atoms with Crippen LogP contribution in [0.15, 0.2) is 91.6 Å². The minimum absolute atomic E-state index is 0.0193. The Morgan fingerprint density at radius 2 is 1.66 bits per heavy atom. The molecule has 0 radical (unpaired) electrons. The number of aromatic nitrogens is 4. The molecule has 5 rings (SSSR count). The van der Waals surface area contributed by atoms with Crippen LogP contribution < -0.4 is 10.6 Å². The number of carbonyl (C=O) groups excluding carboxylic acids is 1. The van der Waals surface area contributed by atoms with Crippen LogP contribution in [0.3, 0.4) is 0 Å². The summed E-state index contributed by atoms with van der Waals surface area (Å²) in [7, 11) is 0. The van der Waals surface area contributed by atoms with Gasteiger partial charge in [-0.2, -0.15) is 13.2 Å². The molecule has 7 nitrogen and oxygen atoms in total. The highest BCUT2D eigenvalue weighted by molar-refractivity contribution is 5.99. The Bertz CT molecular complexity index is 1500. The highest BCUT2D eigenvalue weighted by Gasteiger charge is 2.30. The summed E-state index contributed by atoms with van der Waals surface area (Å²) in [6.45, 7) is 0. The van der Waals surface area contributed by atoms with E-state index in [9.17, 15) is 18.0 Å². The molecule has 0 spiro atoms. The van der Waals surface area contributed by atoms with Crippen molar-refractivity contribution in [2.24, 2.45) is 0 Å². The number of benzene rings is 1. The van der Waals surface area contributed by atoms with Gasteiger partial charge in [0.25, 0.3) is 0 Å². The predicted octanol–water partition coefficient (Wildman–Crippen LogP) is 6.12. The zero-order valence-electron chi connectivity index (χ0n) is 18.0. The zero-order valence-corrected chi connectivity index (χ0v) is 18.0. The lowest BCUT2D eigenvalue weighted by Gasteiger charge is -2.10. The Labute approximate surface area is 197 Å². The molecule has 4 aromatic heterocycles. The molecule has 174 valence electrons. The summed E-state index contributed by atoms with van der Waals surface area (Å²) in [6, 6.07) is 14.9. The lowest BCUT2D eigenvalue weighted by atomic mass is 10.1. The molecule has 0 fully saturated rings. The first-order valence-corrected chi connectivity index (χ1v) is 10.5. The third-order valence-corrected chi connectivity index (χ3v) is 5.28. The molecule has 0 unspecified atom stereocenters. The molecular formula is C25H17F3N6O. The van der Waals surface area contributed by atoms with Gasteiger partial charge in [-0.3, -0.25) is 14.7 Å². The normalized spacial score (nSPS) is 11.4. The van der Waals surface area contributed by atoms with Crippen molar-refractivity contribution in [1.29, 1.82) is 0 Å². The standard InChI is InChI=1S/C25H17F3N6O/c26-25(27,28)19-2-1-3-20(13-19)32-24(35)33-22-5-4-18(14-30-22)21-15-31-23-12-17(8-11-34(21)23)16-6-9-29-10-7-16/h1-15H,(H2,30,32,33,35). The summed E-state index contributed by atoms with van der Waals surface area (Å²) in [5.74, 6) is 0.243. The van der Waals surface area contributed by atoms with E-state index in [0.717, 1.165) is 40.2 Å². The highest BCUT2D eigenvalue weighted by Crippen LogP contribution is 2.31. The number of carbonyl (C=O) groups is 1. The average Bonchev–Trinajstić information content (AvgIpc) is 3.28. The van der Waals surface area contributed by atoms with Crippen molar-refractivity contribution in [3.63, 3.8) is 0 Å². The average molecular weight is 474 g/mol. The Balaban J connectivity index is 1.30. The Hall–Kier alpha value is -4.73. The zero-order chi connectivity index (χ0) is 24.4. The third-order valence-electron chi connectivity index (χ3n) is 5.28. The van der Waals surface area contributed by atoms with Crippen LogP contribution in [0.4, 0.5) is 29.5 Å². The van der Waals surface area contributed by atoms with E-state index in [4.69, 9.17) is 0 Å². The van der Waals surface area contributed by atoms with Crippen LogP contribution in [0.1, 0.15) is 5.56 Å². The Morgan fingerprint density at radius 3 is 2.40 bits per heavy atom. The summed E-state index contributed by atoms with van der Waals surface area (Å²) < 4.78 is 40.5. The molecule has 0 atom stereocenters. The molecule has 0 aliphatic carbocycles. The topological polar surface area (TPSA) is 84.2 Å². The number of anilines is 2. The van der Waals surface area contributed by atoms with E-state index in [-0.39, 0.29) is 11.5 Å². The number of hydrogen-bond acceptors (Lipinski definition) is 4. The van der Waals surface area contributed by atoms with E-state index in [2.05, 4.69) is 25.6 Å². The number of imidazole rings is 1. The van der Waals surface area contributed by atoms with Crippen molar-refractivity contribution in [1.82, 2.24) is 19.4 Å². The van der Waals surface area contributed by atoms with Gasteiger partial charge < -0.3 is 5.32 Å². The molecule has 5 aromatic rings. The first kappa shape index (κ1) is 22.1. The van der Waals surface area contributed by atoms with Gasteiger partial charge in [0, 0.05) is 36.0 Å². The number of alkyl halides is 3. The maximum atomic E-state index is 12.9. The van der Waals surface area contributed by atoms with E-state index >= 15 is 0 Å². The molecule has 35 heavy (non-hydrogen) atoms. The van der Waals surface area contributed by atoms with Gasteiger partial charge in [-0.25, -0.2) is 14.8 Å². The second kappa shape index (κ2) is 8.90. The number of amides is 2. The van der Waals surface area contributed by atoms with Crippen LogP contribution in [-0.2, 0) is 6.18 Å². The number of halogens is 3. The highest BCUT2D eigenvalue weighted by atomic mass is 19.4. The van der Waals surface area contributed by atoms with Gasteiger partial charge in [0.1, 0.15) is 11.5 Å². The number of nitrogens with zero attached hydrogens (tertiary/aromatic N) is 4. The SMILES string of the molecule is O=C(Nc1cccc(C(F)(F)F)c1)Nc1ccc(-c2cnc3cc(-c4ccncc4)ccn23)cn1. The summed E-state index contributed by atoms with van der Waals surface area (Å²) in [5.41, 5.74) is 3.57. The van der Waals surface area contributed by atoms with E-state index in [1.165, 1.54) is 12.1 Å². The number of urea groups is 1. The second-order valence-corrected chi connectivity index (χ2v) is 7.61. The molecule has 1 aromatic carbocycles. The second-order valence-electron chi connectivity index (χ2n) is 7.61. The minimum atomic E-state index is -4.50. The van der Waals surface area contributed by atoms with Gasteiger partial charge in [0.2, 0.25) is 0 Å². The molecule has 0 aliphatic rings. The molecule has 0 bridgehead atoms. The van der Waals surface area contributed by atoms with Crippen molar-refractivity contribution < 1.29 is 18.0 Å². The monoisotopic (exact) mass is 474 g/mol. The summed E-state index contributed by atoms with van der Waals surface area (Å²) in [6.07, 6.45) is 4.21. The lowest BCUT2D eigenvalue weighted by molar-refractivity contribution is -0.137. The fourth-order valence-corrected chi connectivity index (χ4v) is 3.59. The van der Waals surface area contributed by atoms with Gasteiger partial charge in [0.15, 0.2) is 0 Å². The Kier molecular flexibility index (Phi) is 5.61. The number of nitrogens with one attached hydrogen (secondary N) is 2. The van der Waals surface area contributed by atoms with Gasteiger partial charge in [-0.15, -0.1) is 0 Å². The summed E-state index contributed by atoms with van der Waals surface area (Å²) >= 11 is 0. The molecule has 0 saturated heterocycles. The van der Waals surface area contributed by atoms with Crippen LogP contribution in [-0.4, -0.2) is 25.4 Å². The van der Waals surface area contributed by atoms with Crippen molar-refractivity contribution in [3.05, 3.63) is 97.2 Å². The van der Waals surface area contributed by atoms with Crippen LogP contribution >= 0.6 is 0 Å². The van der Waals surface area contributed by atoms with E-state index in [1.54, 1.807) is 36.9 Å². The number of hydrogen-bond donors (Lipinski definition) is 2. The predicted molar refractivity (Wildman–Crippen MR) is 126 cm³/mol. The summed E-state index contributed by atoms with van der Waals surface area (Å²) in [4.78, 5) is 25.0. The van der Waals surface area contributed by atoms with E-state index in [1.807, 2.05) is 34.9 Å².